The number of carbonyl (C=O) groups is 1. The van der Waals surface area contributed by atoms with Gasteiger partial charge in [-0.15, -0.1) is 0 Å². The minimum atomic E-state index is -0.148. The van der Waals surface area contributed by atoms with Crippen LogP contribution in [-0.2, 0) is 0 Å². The lowest BCUT2D eigenvalue weighted by Gasteiger charge is -2.35. The Bertz CT molecular complexity index is 409. The molecule has 1 saturated heterocycles. The molecule has 1 aliphatic heterocycles. The molecule has 0 bridgehead atoms. The predicted molar refractivity (Wildman–Crippen MR) is 73.8 cm³/mol. The van der Waals surface area contributed by atoms with E-state index in [2.05, 4.69) is 34.0 Å². The number of hydrogen-bond acceptors (Lipinski definition) is 4. The molecule has 0 aliphatic carbocycles. The van der Waals surface area contributed by atoms with Crippen LogP contribution < -0.4 is 5.32 Å². The van der Waals surface area contributed by atoms with Gasteiger partial charge in [0, 0.05) is 31.5 Å². The largest absolute Gasteiger partial charge is 0.349 e. The molecule has 1 fully saturated rings. The highest BCUT2D eigenvalue weighted by Crippen LogP contribution is 2.17. The summed E-state index contributed by atoms with van der Waals surface area (Å²) in [6, 6.07) is 0.364. The first-order valence-corrected chi connectivity index (χ1v) is 6.95. The van der Waals surface area contributed by atoms with Crippen molar-refractivity contribution in [1.82, 2.24) is 20.2 Å². The Balaban J connectivity index is 1.80. The zero-order valence-corrected chi connectivity index (χ0v) is 11.7. The quantitative estimate of drug-likeness (QED) is 0.889. The van der Waals surface area contributed by atoms with E-state index in [9.17, 15) is 4.79 Å². The average molecular weight is 262 g/mol. The standard InChI is InChI=1S/C14H22N4O/c1-11-4-3-7-18(10-11)12(2)8-17-14(19)13-9-15-5-6-16-13/h5-6,9,11-12H,3-4,7-8,10H2,1-2H3,(H,17,19). The van der Waals surface area contributed by atoms with E-state index >= 15 is 0 Å². The third kappa shape index (κ3) is 3.99. The van der Waals surface area contributed by atoms with Crippen molar-refractivity contribution in [2.45, 2.75) is 32.7 Å². The number of nitrogens with zero attached hydrogens (tertiary/aromatic N) is 3. The molecule has 19 heavy (non-hydrogen) atoms. The summed E-state index contributed by atoms with van der Waals surface area (Å²) in [4.78, 5) is 22.2. The van der Waals surface area contributed by atoms with Crippen molar-refractivity contribution in [2.75, 3.05) is 19.6 Å². The van der Waals surface area contributed by atoms with Crippen LogP contribution in [0.1, 0.15) is 37.2 Å². The summed E-state index contributed by atoms with van der Waals surface area (Å²) in [5.41, 5.74) is 0.377. The summed E-state index contributed by atoms with van der Waals surface area (Å²) >= 11 is 0. The Kier molecular flexibility index (Phi) is 4.85. The van der Waals surface area contributed by atoms with Gasteiger partial charge in [-0.25, -0.2) is 4.98 Å². The second kappa shape index (κ2) is 6.61. The van der Waals surface area contributed by atoms with E-state index < -0.39 is 0 Å². The first-order chi connectivity index (χ1) is 9.16. The van der Waals surface area contributed by atoms with Gasteiger partial charge in [-0.05, 0) is 32.2 Å². The number of likely N-dealkylation sites (tertiary alicyclic amines) is 1. The number of aromatic nitrogens is 2. The molecular weight excluding hydrogens is 240 g/mol. The normalized spacial score (nSPS) is 21.9. The van der Waals surface area contributed by atoms with Crippen LogP contribution in [0.15, 0.2) is 18.6 Å². The Morgan fingerprint density at radius 1 is 1.58 bits per heavy atom. The number of nitrogens with one attached hydrogen (secondary N) is 1. The lowest BCUT2D eigenvalue weighted by Crippen LogP contribution is -2.46. The van der Waals surface area contributed by atoms with E-state index in [1.54, 1.807) is 6.20 Å². The van der Waals surface area contributed by atoms with E-state index in [1.165, 1.54) is 25.2 Å². The Morgan fingerprint density at radius 2 is 2.42 bits per heavy atom. The van der Waals surface area contributed by atoms with Gasteiger partial charge in [0.1, 0.15) is 5.69 Å². The molecule has 0 spiro atoms. The maximum absolute atomic E-state index is 11.9. The van der Waals surface area contributed by atoms with Gasteiger partial charge in [-0.1, -0.05) is 6.92 Å². The Labute approximate surface area is 114 Å². The predicted octanol–water partition coefficient (Wildman–Crippen LogP) is 1.33. The summed E-state index contributed by atoms with van der Waals surface area (Å²) in [5, 5.41) is 2.93. The van der Waals surface area contributed by atoms with E-state index in [-0.39, 0.29) is 5.91 Å². The molecule has 5 heteroatoms. The number of piperidine rings is 1. The zero-order chi connectivity index (χ0) is 13.7. The molecule has 104 valence electrons. The van der Waals surface area contributed by atoms with Gasteiger partial charge in [0.2, 0.25) is 0 Å². The van der Waals surface area contributed by atoms with Gasteiger partial charge in [0.25, 0.3) is 5.91 Å². The summed E-state index contributed by atoms with van der Waals surface area (Å²) in [5.74, 6) is 0.608. The van der Waals surface area contributed by atoms with Gasteiger partial charge in [0.05, 0.1) is 6.20 Å². The SMILES string of the molecule is CC1CCCN(C(C)CNC(=O)c2cnccn2)C1. The van der Waals surface area contributed by atoms with Crippen molar-refractivity contribution >= 4 is 5.91 Å². The molecule has 0 radical (unpaired) electrons. The van der Waals surface area contributed by atoms with E-state index in [0.29, 0.717) is 18.3 Å². The third-order valence-corrected chi connectivity index (χ3v) is 3.67. The second-order valence-electron chi connectivity index (χ2n) is 5.39. The van der Waals surface area contributed by atoms with Crippen LogP contribution in [-0.4, -0.2) is 46.5 Å². The van der Waals surface area contributed by atoms with Gasteiger partial charge in [-0.3, -0.25) is 14.7 Å². The highest BCUT2D eigenvalue weighted by molar-refractivity contribution is 5.91. The lowest BCUT2D eigenvalue weighted by atomic mass is 9.99. The van der Waals surface area contributed by atoms with E-state index in [0.717, 1.165) is 19.0 Å². The van der Waals surface area contributed by atoms with Crippen LogP contribution in [0.3, 0.4) is 0 Å². The second-order valence-corrected chi connectivity index (χ2v) is 5.39. The van der Waals surface area contributed by atoms with Gasteiger partial charge >= 0.3 is 0 Å². The molecule has 2 heterocycles. The molecule has 2 rings (SSSR count). The Morgan fingerprint density at radius 3 is 3.11 bits per heavy atom. The highest BCUT2D eigenvalue weighted by Gasteiger charge is 2.21. The monoisotopic (exact) mass is 262 g/mol. The number of hydrogen-bond donors (Lipinski definition) is 1. The first kappa shape index (κ1) is 13.9. The van der Waals surface area contributed by atoms with Crippen LogP contribution in [0, 0.1) is 5.92 Å². The molecule has 1 aliphatic rings. The Hall–Kier alpha value is -1.49. The van der Waals surface area contributed by atoms with Gasteiger partial charge < -0.3 is 5.32 Å². The van der Waals surface area contributed by atoms with Crippen LogP contribution in [0.25, 0.3) is 0 Å². The molecular formula is C14H22N4O. The van der Waals surface area contributed by atoms with Crippen LogP contribution in [0.2, 0.25) is 0 Å². The average Bonchev–Trinajstić information content (AvgIpc) is 2.45. The molecule has 2 atom stereocenters. The highest BCUT2D eigenvalue weighted by atomic mass is 16.1. The summed E-state index contributed by atoms with van der Waals surface area (Å²) < 4.78 is 0. The number of amides is 1. The van der Waals surface area contributed by atoms with Crippen molar-refractivity contribution in [3.8, 4) is 0 Å². The minimum Gasteiger partial charge on any atom is -0.349 e. The fourth-order valence-electron chi connectivity index (χ4n) is 2.50. The van der Waals surface area contributed by atoms with Crippen molar-refractivity contribution in [3.05, 3.63) is 24.3 Å². The van der Waals surface area contributed by atoms with Crippen molar-refractivity contribution in [1.29, 1.82) is 0 Å². The minimum absolute atomic E-state index is 0.148. The fraction of sp³-hybridized carbons (Fsp3) is 0.643. The third-order valence-electron chi connectivity index (χ3n) is 3.67. The molecule has 1 N–H and O–H groups in total. The van der Waals surface area contributed by atoms with Crippen molar-refractivity contribution in [2.24, 2.45) is 5.92 Å². The summed E-state index contributed by atoms with van der Waals surface area (Å²) in [6.45, 7) is 7.36. The lowest BCUT2D eigenvalue weighted by molar-refractivity contribution is 0.0912. The molecule has 1 amide bonds. The van der Waals surface area contributed by atoms with Crippen molar-refractivity contribution in [3.63, 3.8) is 0 Å². The molecule has 1 aromatic heterocycles. The maximum Gasteiger partial charge on any atom is 0.271 e. The van der Waals surface area contributed by atoms with Crippen LogP contribution in [0.5, 0.6) is 0 Å². The first-order valence-electron chi connectivity index (χ1n) is 6.95. The van der Waals surface area contributed by atoms with Crippen LogP contribution in [0.4, 0.5) is 0 Å². The number of carbonyl (C=O) groups excluding carboxylic acids is 1. The number of rotatable bonds is 4. The van der Waals surface area contributed by atoms with Crippen LogP contribution >= 0.6 is 0 Å². The molecule has 0 saturated carbocycles. The molecule has 2 unspecified atom stereocenters. The zero-order valence-electron chi connectivity index (χ0n) is 11.7. The fourth-order valence-corrected chi connectivity index (χ4v) is 2.50. The molecule has 0 aromatic carbocycles. The molecule has 1 aromatic rings. The van der Waals surface area contributed by atoms with E-state index in [1.807, 2.05) is 0 Å². The van der Waals surface area contributed by atoms with Gasteiger partial charge in [0.15, 0.2) is 0 Å². The van der Waals surface area contributed by atoms with Gasteiger partial charge in [-0.2, -0.15) is 0 Å². The van der Waals surface area contributed by atoms with Crippen molar-refractivity contribution < 1.29 is 4.79 Å². The smallest absolute Gasteiger partial charge is 0.271 e. The van der Waals surface area contributed by atoms with E-state index in [4.69, 9.17) is 0 Å². The maximum atomic E-state index is 11.9. The summed E-state index contributed by atoms with van der Waals surface area (Å²) in [6.07, 6.45) is 7.15. The topological polar surface area (TPSA) is 58.1 Å². The summed E-state index contributed by atoms with van der Waals surface area (Å²) in [7, 11) is 0. The molecule has 5 nitrogen and oxygen atoms in total.